The summed E-state index contributed by atoms with van der Waals surface area (Å²) in [6.45, 7) is 41.5. The van der Waals surface area contributed by atoms with Gasteiger partial charge in [0.2, 0.25) is 25.0 Å². The summed E-state index contributed by atoms with van der Waals surface area (Å²) in [7, 11) is -8.90. The largest absolute Gasteiger partial charge is 0.548 e. The van der Waals surface area contributed by atoms with Crippen molar-refractivity contribution < 1.29 is 17.7 Å². The molecule has 8 heteroatoms. The molecule has 0 aromatic heterocycles. The number of rotatable bonds is 18. The summed E-state index contributed by atoms with van der Waals surface area (Å²) in [5.74, 6) is 0. The highest BCUT2D eigenvalue weighted by Crippen LogP contribution is 2.51. The molecule has 0 aromatic carbocycles. The second-order valence-electron chi connectivity index (χ2n) is 12.0. The minimum absolute atomic E-state index is 0.0504. The highest BCUT2D eigenvalue weighted by Gasteiger charge is 2.56. The van der Waals surface area contributed by atoms with E-state index in [-0.39, 0.29) is 22.1 Å². The molecule has 0 fully saturated rings. The normalized spacial score (nSPS) is 20.0. The predicted molar refractivity (Wildman–Crippen MR) is 165 cm³/mol. The molecule has 206 valence electrons. The van der Waals surface area contributed by atoms with Crippen molar-refractivity contribution in [1.29, 1.82) is 0 Å². The maximum atomic E-state index is 7.26. The topological polar surface area (TPSA) is 36.9 Å². The van der Waals surface area contributed by atoms with Gasteiger partial charge in [0.25, 0.3) is 8.32 Å². The lowest BCUT2D eigenvalue weighted by Gasteiger charge is -2.53. The van der Waals surface area contributed by atoms with Crippen molar-refractivity contribution in [2.24, 2.45) is 0 Å². The van der Waals surface area contributed by atoms with Crippen molar-refractivity contribution in [1.82, 2.24) is 0 Å². The summed E-state index contributed by atoms with van der Waals surface area (Å²) in [5.41, 5.74) is 4.21. The first-order chi connectivity index (χ1) is 15.8. The smallest absolute Gasteiger partial charge is 0.271 e. The SMILES string of the molecule is C=CO[Si](C)(C)C(CC)O[Si](C)(C=C)C(C)(CC)C(CC)O[Si](C)(C)C(C)(CC)O[Si](C)(C)C=C. The average Bonchev–Trinajstić information content (AvgIpc) is 2.79. The zero-order valence-corrected chi connectivity index (χ0v) is 29.5. The van der Waals surface area contributed by atoms with Crippen LogP contribution in [0, 0.1) is 0 Å². The Morgan fingerprint density at radius 1 is 0.771 bits per heavy atom. The molecule has 0 saturated heterocycles. The van der Waals surface area contributed by atoms with Gasteiger partial charge in [-0.25, -0.2) is 0 Å². The van der Waals surface area contributed by atoms with Crippen LogP contribution in [-0.4, -0.2) is 50.3 Å². The Labute approximate surface area is 223 Å². The molecule has 5 atom stereocenters. The third kappa shape index (κ3) is 7.88. The van der Waals surface area contributed by atoms with Crippen molar-refractivity contribution in [3.05, 3.63) is 37.4 Å². The van der Waals surface area contributed by atoms with Crippen LogP contribution in [-0.2, 0) is 17.7 Å². The molecule has 0 aliphatic rings. The van der Waals surface area contributed by atoms with E-state index in [9.17, 15) is 0 Å². The molecule has 35 heavy (non-hydrogen) atoms. The van der Waals surface area contributed by atoms with E-state index < -0.39 is 33.3 Å². The van der Waals surface area contributed by atoms with Gasteiger partial charge in [0.15, 0.2) is 0 Å². The Balaban J connectivity index is 6.41. The minimum Gasteiger partial charge on any atom is -0.548 e. The van der Waals surface area contributed by atoms with Gasteiger partial charge >= 0.3 is 0 Å². The summed E-state index contributed by atoms with van der Waals surface area (Å²) in [6.07, 6.45) is 5.33. The van der Waals surface area contributed by atoms with Gasteiger partial charge < -0.3 is 17.7 Å². The fraction of sp³-hybridized carbons (Fsp3) is 0.778. The van der Waals surface area contributed by atoms with Crippen LogP contribution in [0.1, 0.15) is 67.2 Å². The van der Waals surface area contributed by atoms with Crippen LogP contribution in [0.3, 0.4) is 0 Å². The molecule has 0 saturated carbocycles. The third-order valence-corrected chi connectivity index (χ3v) is 22.2. The van der Waals surface area contributed by atoms with Gasteiger partial charge in [-0.3, -0.25) is 0 Å². The van der Waals surface area contributed by atoms with Crippen LogP contribution in [0.4, 0.5) is 0 Å². The first-order valence-electron chi connectivity index (χ1n) is 13.5. The van der Waals surface area contributed by atoms with Crippen LogP contribution in [0.15, 0.2) is 37.4 Å². The fourth-order valence-corrected chi connectivity index (χ4v) is 17.2. The van der Waals surface area contributed by atoms with Crippen LogP contribution in [0.25, 0.3) is 0 Å². The molecule has 0 aliphatic heterocycles. The first-order valence-corrected chi connectivity index (χ1v) is 24.8. The predicted octanol–water partition coefficient (Wildman–Crippen LogP) is 8.81. The molecule has 0 amide bonds. The van der Waals surface area contributed by atoms with Gasteiger partial charge in [-0.05, 0) is 78.4 Å². The Kier molecular flexibility index (Phi) is 12.9. The Morgan fingerprint density at radius 3 is 1.66 bits per heavy atom. The van der Waals surface area contributed by atoms with E-state index in [2.05, 4.69) is 113 Å². The lowest BCUT2D eigenvalue weighted by Crippen LogP contribution is -2.64. The summed E-state index contributed by atoms with van der Waals surface area (Å²) < 4.78 is 27.2. The average molecular weight is 559 g/mol. The van der Waals surface area contributed by atoms with Crippen molar-refractivity contribution >= 4 is 33.3 Å². The zero-order valence-electron chi connectivity index (χ0n) is 25.5. The highest BCUT2D eigenvalue weighted by atomic mass is 28.4. The standard InChI is InChI=1S/C27H58O4Si4/c1-17-24(29-34(14,15)27(9,20-4)31-32(10,11)22-6)26(8,19-3)35(16,23-7)30-25(18-2)33(12,13)28-21-5/h21-25H,5-7,17-20H2,1-4,8-16H3. The Hall–Kier alpha value is -0.232. The molecule has 0 bridgehead atoms. The van der Waals surface area contributed by atoms with Crippen molar-refractivity contribution in [3.63, 3.8) is 0 Å². The van der Waals surface area contributed by atoms with Gasteiger partial charge in [-0.1, -0.05) is 52.6 Å². The summed E-state index contributed by atoms with van der Waals surface area (Å²) in [4.78, 5) is 0. The van der Waals surface area contributed by atoms with Crippen LogP contribution in [0.2, 0.25) is 50.9 Å². The minimum atomic E-state index is -2.47. The van der Waals surface area contributed by atoms with E-state index in [0.29, 0.717) is 0 Å². The molecular formula is C27H58O4Si4. The van der Waals surface area contributed by atoms with Crippen molar-refractivity contribution in [2.45, 2.75) is 135 Å². The van der Waals surface area contributed by atoms with E-state index in [4.69, 9.17) is 17.7 Å². The molecule has 4 nitrogen and oxygen atoms in total. The van der Waals surface area contributed by atoms with E-state index in [1.54, 1.807) is 6.26 Å². The first kappa shape index (κ1) is 34.8. The number of hydrogen-bond donors (Lipinski definition) is 0. The lowest BCUT2D eigenvalue weighted by atomic mass is 9.98. The Morgan fingerprint density at radius 2 is 1.31 bits per heavy atom. The van der Waals surface area contributed by atoms with Crippen molar-refractivity contribution in [3.8, 4) is 0 Å². The molecular weight excluding hydrogens is 501 g/mol. The monoisotopic (exact) mass is 558 g/mol. The van der Waals surface area contributed by atoms with Gasteiger partial charge in [0.05, 0.1) is 23.3 Å². The zero-order chi connectivity index (χ0) is 27.9. The molecule has 0 rings (SSSR count). The third-order valence-electron chi connectivity index (χ3n) is 8.62. The van der Waals surface area contributed by atoms with Crippen LogP contribution < -0.4 is 0 Å². The highest BCUT2D eigenvalue weighted by molar-refractivity contribution is 6.82. The maximum absolute atomic E-state index is 7.26. The fourth-order valence-electron chi connectivity index (χ4n) is 5.00. The van der Waals surface area contributed by atoms with Gasteiger partial charge in [0.1, 0.15) is 0 Å². The second-order valence-corrected chi connectivity index (χ2v) is 28.2. The van der Waals surface area contributed by atoms with Crippen LogP contribution >= 0.6 is 0 Å². The second kappa shape index (κ2) is 13.0. The summed E-state index contributed by atoms with van der Waals surface area (Å²) >= 11 is 0. The lowest BCUT2D eigenvalue weighted by molar-refractivity contribution is 0.0654. The molecule has 0 aliphatic carbocycles. The van der Waals surface area contributed by atoms with Gasteiger partial charge in [-0.15, -0.1) is 13.2 Å². The van der Waals surface area contributed by atoms with E-state index in [1.807, 2.05) is 5.70 Å². The van der Waals surface area contributed by atoms with E-state index >= 15 is 0 Å². The van der Waals surface area contributed by atoms with Crippen molar-refractivity contribution in [2.75, 3.05) is 0 Å². The van der Waals surface area contributed by atoms with E-state index in [1.165, 1.54) is 0 Å². The molecule has 0 heterocycles. The van der Waals surface area contributed by atoms with E-state index in [0.717, 1.165) is 25.7 Å². The molecule has 0 N–H and O–H groups in total. The molecule has 5 unspecified atom stereocenters. The Bertz CT molecular complexity index is 711. The van der Waals surface area contributed by atoms with Crippen LogP contribution in [0.5, 0.6) is 0 Å². The molecule has 0 spiro atoms. The van der Waals surface area contributed by atoms with Gasteiger partial charge in [-0.2, -0.15) is 0 Å². The van der Waals surface area contributed by atoms with Gasteiger partial charge in [0, 0.05) is 5.04 Å². The number of hydrogen-bond acceptors (Lipinski definition) is 4. The molecule has 0 radical (unpaired) electrons. The quantitative estimate of drug-likeness (QED) is 0.124. The summed E-state index contributed by atoms with van der Waals surface area (Å²) in [5, 5.41) is -0.454. The molecule has 0 aromatic rings. The maximum Gasteiger partial charge on any atom is 0.271 e. The summed E-state index contributed by atoms with van der Waals surface area (Å²) in [6, 6.07) is 0.